The van der Waals surface area contributed by atoms with Gasteiger partial charge in [-0.05, 0) is 37.5 Å². The number of rotatable bonds is 6. The zero-order valence-electron chi connectivity index (χ0n) is 14.7. The molecule has 5 nitrogen and oxygen atoms in total. The summed E-state index contributed by atoms with van der Waals surface area (Å²) >= 11 is 1.49. The van der Waals surface area contributed by atoms with Gasteiger partial charge in [0.2, 0.25) is 5.91 Å². The molecule has 1 aromatic rings. The van der Waals surface area contributed by atoms with Crippen molar-refractivity contribution in [3.8, 4) is 0 Å². The van der Waals surface area contributed by atoms with Gasteiger partial charge in [0.15, 0.2) is 0 Å². The molecule has 1 aromatic carbocycles. The second-order valence-corrected chi connectivity index (χ2v) is 7.55. The number of carbonyl (C=O) groups excluding carboxylic acids is 2. The molecule has 0 radical (unpaired) electrons. The van der Waals surface area contributed by atoms with Gasteiger partial charge in [0, 0.05) is 17.0 Å². The topological polar surface area (TPSA) is 81.4 Å². The molecule has 0 saturated heterocycles. The van der Waals surface area contributed by atoms with E-state index in [4.69, 9.17) is 5.73 Å². The van der Waals surface area contributed by atoms with Crippen LogP contribution in [0, 0.1) is 5.92 Å². The second kappa shape index (κ2) is 10.0. The minimum atomic E-state index is -0.434. The number of ether oxygens (including phenoxy) is 1. The number of halogens is 1. The Hall–Kier alpha value is -1.24. The van der Waals surface area contributed by atoms with Crippen LogP contribution in [0.3, 0.4) is 0 Å². The summed E-state index contributed by atoms with van der Waals surface area (Å²) in [4.78, 5) is 23.7. The van der Waals surface area contributed by atoms with Gasteiger partial charge in [-0.3, -0.25) is 9.59 Å². The van der Waals surface area contributed by atoms with Crippen LogP contribution in [0.5, 0.6) is 0 Å². The molecule has 1 aliphatic carbocycles. The first-order valence-electron chi connectivity index (χ1n) is 8.25. The van der Waals surface area contributed by atoms with Crippen molar-refractivity contribution in [3.05, 3.63) is 29.8 Å². The predicted molar refractivity (Wildman–Crippen MR) is 105 cm³/mol. The maximum Gasteiger partial charge on any atom is 0.315 e. The first kappa shape index (κ1) is 21.8. The minimum absolute atomic E-state index is 0. The fraction of sp³-hybridized carbons (Fsp3) is 0.556. The summed E-state index contributed by atoms with van der Waals surface area (Å²) in [5.41, 5.74) is 7.70. The molecular formula is C18H27ClN2O3S. The Kier molecular flexibility index (Phi) is 8.76. The highest BCUT2D eigenvalue weighted by Gasteiger charge is 2.37. The molecular weight excluding hydrogens is 360 g/mol. The van der Waals surface area contributed by atoms with Crippen molar-refractivity contribution in [2.24, 2.45) is 11.7 Å². The van der Waals surface area contributed by atoms with Crippen molar-refractivity contribution in [1.29, 1.82) is 0 Å². The molecule has 0 aliphatic heterocycles. The van der Waals surface area contributed by atoms with Crippen molar-refractivity contribution in [2.45, 2.75) is 43.9 Å². The van der Waals surface area contributed by atoms with Crippen molar-refractivity contribution in [2.75, 3.05) is 18.2 Å². The molecule has 2 rings (SSSR count). The quantitative estimate of drug-likeness (QED) is 0.732. The zero-order valence-corrected chi connectivity index (χ0v) is 16.4. The van der Waals surface area contributed by atoms with Crippen LogP contribution in [0.1, 0.15) is 38.2 Å². The van der Waals surface area contributed by atoms with Crippen molar-refractivity contribution >= 4 is 41.7 Å². The van der Waals surface area contributed by atoms with Crippen LogP contribution in [0.2, 0.25) is 0 Å². The lowest BCUT2D eigenvalue weighted by Crippen LogP contribution is -2.51. The maximum absolute atomic E-state index is 12.6. The number of esters is 1. The third-order valence-corrected chi connectivity index (χ3v) is 5.46. The highest BCUT2D eigenvalue weighted by atomic mass is 35.5. The molecule has 2 atom stereocenters. The Morgan fingerprint density at radius 2 is 2.16 bits per heavy atom. The number of thioether (sulfide) groups is 1. The number of carbonyl (C=O) groups is 2. The number of benzene rings is 1. The van der Waals surface area contributed by atoms with Gasteiger partial charge in [-0.15, -0.1) is 24.2 Å². The van der Waals surface area contributed by atoms with E-state index in [0.717, 1.165) is 36.9 Å². The average molecular weight is 387 g/mol. The molecule has 1 aliphatic rings. The van der Waals surface area contributed by atoms with E-state index < -0.39 is 5.54 Å². The standard InChI is InChI=1S/C18H26N2O3S.ClH/c1-18(19)9-4-3-8-15(18)17(22)20-14-7-5-6-13(10-14)11-24-12-16(21)23-2;/h5-7,10,15H,3-4,8-9,11-12,19H2,1-2H3,(H,20,22);1H. The number of amides is 1. The van der Waals surface area contributed by atoms with E-state index in [9.17, 15) is 9.59 Å². The number of nitrogens with one attached hydrogen (secondary N) is 1. The van der Waals surface area contributed by atoms with Crippen molar-refractivity contribution in [3.63, 3.8) is 0 Å². The normalized spacial score (nSPS) is 22.6. The van der Waals surface area contributed by atoms with E-state index in [2.05, 4.69) is 10.1 Å². The maximum atomic E-state index is 12.6. The molecule has 0 bridgehead atoms. The van der Waals surface area contributed by atoms with Gasteiger partial charge in [-0.1, -0.05) is 25.0 Å². The first-order chi connectivity index (χ1) is 11.4. The van der Waals surface area contributed by atoms with E-state index in [1.807, 2.05) is 31.2 Å². The molecule has 0 aromatic heterocycles. The lowest BCUT2D eigenvalue weighted by Gasteiger charge is -2.37. The van der Waals surface area contributed by atoms with E-state index in [-0.39, 0.29) is 30.2 Å². The fourth-order valence-corrected chi connectivity index (χ4v) is 3.87. The summed E-state index contributed by atoms with van der Waals surface area (Å²) in [6.45, 7) is 1.97. The van der Waals surface area contributed by atoms with Crippen molar-refractivity contribution in [1.82, 2.24) is 0 Å². The molecule has 1 fully saturated rings. The first-order valence-corrected chi connectivity index (χ1v) is 9.41. The van der Waals surface area contributed by atoms with Crippen LogP contribution in [-0.4, -0.2) is 30.3 Å². The second-order valence-electron chi connectivity index (χ2n) is 6.56. The number of nitrogens with two attached hydrogens (primary N) is 1. The molecule has 0 spiro atoms. The lowest BCUT2D eigenvalue weighted by molar-refractivity contribution is -0.137. The third kappa shape index (κ3) is 6.53. The highest BCUT2D eigenvalue weighted by Crippen LogP contribution is 2.32. The Labute approximate surface area is 159 Å². The van der Waals surface area contributed by atoms with E-state index >= 15 is 0 Å². The molecule has 7 heteroatoms. The average Bonchev–Trinajstić information content (AvgIpc) is 2.54. The van der Waals surface area contributed by atoms with Crippen LogP contribution in [0.4, 0.5) is 5.69 Å². The molecule has 1 saturated carbocycles. The van der Waals surface area contributed by atoms with E-state index in [1.165, 1.54) is 18.9 Å². The number of methoxy groups -OCH3 is 1. The van der Waals surface area contributed by atoms with Gasteiger partial charge in [-0.2, -0.15) is 0 Å². The van der Waals surface area contributed by atoms with Gasteiger partial charge in [-0.25, -0.2) is 0 Å². The van der Waals surface area contributed by atoms with E-state index in [1.54, 1.807) is 0 Å². The summed E-state index contributed by atoms with van der Waals surface area (Å²) in [5, 5.41) is 3.00. The summed E-state index contributed by atoms with van der Waals surface area (Å²) in [6.07, 6.45) is 3.86. The van der Waals surface area contributed by atoms with Gasteiger partial charge in [0.05, 0.1) is 18.8 Å². The van der Waals surface area contributed by atoms with Crippen LogP contribution in [0.25, 0.3) is 0 Å². The van der Waals surface area contributed by atoms with Gasteiger partial charge < -0.3 is 15.8 Å². The number of hydrogen-bond acceptors (Lipinski definition) is 5. The monoisotopic (exact) mass is 386 g/mol. The van der Waals surface area contributed by atoms with Crippen molar-refractivity contribution < 1.29 is 14.3 Å². The molecule has 25 heavy (non-hydrogen) atoms. The summed E-state index contributed by atoms with van der Waals surface area (Å²) in [7, 11) is 1.38. The van der Waals surface area contributed by atoms with E-state index in [0.29, 0.717) is 11.5 Å². The smallest absolute Gasteiger partial charge is 0.315 e. The predicted octanol–water partition coefficient (Wildman–Crippen LogP) is 3.36. The Balaban J connectivity index is 0.00000312. The fourth-order valence-electron chi connectivity index (χ4n) is 3.07. The van der Waals surface area contributed by atoms with Gasteiger partial charge in [0.1, 0.15) is 0 Å². The lowest BCUT2D eigenvalue weighted by atomic mass is 9.74. The van der Waals surface area contributed by atoms with Crippen LogP contribution in [-0.2, 0) is 20.1 Å². The van der Waals surface area contributed by atoms with Crippen LogP contribution >= 0.6 is 24.2 Å². The van der Waals surface area contributed by atoms with Gasteiger partial charge >= 0.3 is 5.97 Å². The number of anilines is 1. The molecule has 2 unspecified atom stereocenters. The molecule has 140 valence electrons. The minimum Gasteiger partial charge on any atom is -0.468 e. The summed E-state index contributed by atoms with van der Waals surface area (Å²) in [5.74, 6) is 0.629. The van der Waals surface area contributed by atoms with Crippen LogP contribution in [0.15, 0.2) is 24.3 Å². The molecule has 3 N–H and O–H groups in total. The Morgan fingerprint density at radius 3 is 2.84 bits per heavy atom. The van der Waals surface area contributed by atoms with Crippen LogP contribution < -0.4 is 11.1 Å². The highest BCUT2D eigenvalue weighted by molar-refractivity contribution is 7.99. The Bertz CT molecular complexity index is 595. The number of hydrogen-bond donors (Lipinski definition) is 2. The summed E-state index contributed by atoms with van der Waals surface area (Å²) in [6, 6.07) is 7.71. The third-order valence-electron chi connectivity index (χ3n) is 4.48. The van der Waals surface area contributed by atoms with Gasteiger partial charge in [0.25, 0.3) is 0 Å². The molecule has 1 amide bonds. The largest absolute Gasteiger partial charge is 0.468 e. The summed E-state index contributed by atoms with van der Waals surface area (Å²) < 4.78 is 4.62. The SMILES string of the molecule is COC(=O)CSCc1cccc(NC(=O)C2CCCCC2(C)N)c1.Cl. The zero-order chi connectivity index (χ0) is 17.6. The Morgan fingerprint density at radius 1 is 1.40 bits per heavy atom. The molecule has 0 heterocycles.